The average Bonchev–Trinajstić information content (AvgIpc) is 2.63. The highest BCUT2D eigenvalue weighted by Crippen LogP contribution is 2.27. The number of nitrogens with one attached hydrogen (secondary N) is 1. The van der Waals surface area contributed by atoms with E-state index in [4.69, 9.17) is 23.2 Å². The maximum Gasteiger partial charge on any atom is 0.144 e. The summed E-state index contributed by atoms with van der Waals surface area (Å²) in [6, 6.07) is 1.67. The predicted molar refractivity (Wildman–Crippen MR) is 66.1 cm³/mol. The molecule has 0 amide bonds. The lowest BCUT2D eigenvalue weighted by Crippen LogP contribution is -2.13. The Kier molecular flexibility index (Phi) is 3.90. The summed E-state index contributed by atoms with van der Waals surface area (Å²) in [6.07, 6.45) is 4.24. The van der Waals surface area contributed by atoms with Gasteiger partial charge < -0.3 is 10.4 Å². The molecule has 0 aliphatic heterocycles. The molecule has 1 saturated carbocycles. The van der Waals surface area contributed by atoms with Crippen LogP contribution in [0.2, 0.25) is 10.0 Å². The van der Waals surface area contributed by atoms with Crippen LogP contribution in [0.1, 0.15) is 19.3 Å². The fourth-order valence-electron chi connectivity index (χ4n) is 2.02. The molecule has 1 aliphatic carbocycles. The van der Waals surface area contributed by atoms with Crippen molar-refractivity contribution in [3.8, 4) is 0 Å². The molecule has 3 nitrogen and oxygen atoms in total. The van der Waals surface area contributed by atoms with Crippen LogP contribution in [0.25, 0.3) is 0 Å². The number of hydrogen-bond acceptors (Lipinski definition) is 3. The maximum atomic E-state index is 9.40. The van der Waals surface area contributed by atoms with E-state index in [2.05, 4.69) is 10.3 Å². The molecule has 2 unspecified atom stereocenters. The Bertz CT molecular complexity index is 373. The molecule has 0 aromatic carbocycles. The van der Waals surface area contributed by atoms with E-state index in [0.717, 1.165) is 25.8 Å². The Morgan fingerprint density at radius 3 is 2.88 bits per heavy atom. The predicted octanol–water partition coefficient (Wildman–Crippen LogP) is 2.96. The van der Waals surface area contributed by atoms with E-state index in [1.54, 1.807) is 12.3 Å². The SMILES string of the molecule is OC1CCC(CNc2ncc(Cl)cc2Cl)C1. The van der Waals surface area contributed by atoms with Crippen LogP contribution in [-0.2, 0) is 0 Å². The molecule has 0 spiro atoms. The summed E-state index contributed by atoms with van der Waals surface area (Å²) in [5.41, 5.74) is 0. The number of rotatable bonds is 3. The molecule has 1 fully saturated rings. The highest BCUT2D eigenvalue weighted by atomic mass is 35.5. The van der Waals surface area contributed by atoms with Gasteiger partial charge in [-0.2, -0.15) is 0 Å². The first-order valence-electron chi connectivity index (χ1n) is 5.38. The molecule has 5 heteroatoms. The third-order valence-electron chi connectivity index (χ3n) is 2.88. The summed E-state index contributed by atoms with van der Waals surface area (Å²) in [4.78, 5) is 4.12. The molecule has 1 heterocycles. The quantitative estimate of drug-likeness (QED) is 0.879. The van der Waals surface area contributed by atoms with Gasteiger partial charge >= 0.3 is 0 Å². The van der Waals surface area contributed by atoms with Crippen molar-refractivity contribution in [3.63, 3.8) is 0 Å². The highest BCUT2D eigenvalue weighted by Gasteiger charge is 2.22. The van der Waals surface area contributed by atoms with E-state index in [-0.39, 0.29) is 6.10 Å². The number of aliphatic hydroxyl groups excluding tert-OH is 1. The van der Waals surface area contributed by atoms with E-state index in [1.165, 1.54) is 0 Å². The van der Waals surface area contributed by atoms with Gasteiger partial charge in [-0.25, -0.2) is 4.98 Å². The summed E-state index contributed by atoms with van der Waals surface area (Å²) in [7, 11) is 0. The summed E-state index contributed by atoms with van der Waals surface area (Å²) < 4.78 is 0. The first-order valence-corrected chi connectivity index (χ1v) is 6.13. The molecule has 88 valence electrons. The van der Waals surface area contributed by atoms with Crippen LogP contribution in [0.15, 0.2) is 12.3 Å². The van der Waals surface area contributed by atoms with Gasteiger partial charge in [0.25, 0.3) is 0 Å². The standard InChI is InChI=1S/C11H14Cl2N2O/c12-8-4-10(13)11(15-6-8)14-5-7-1-2-9(16)3-7/h4,6-7,9,16H,1-3,5H2,(H,14,15). The van der Waals surface area contributed by atoms with Gasteiger partial charge in [0, 0.05) is 12.7 Å². The van der Waals surface area contributed by atoms with Gasteiger partial charge in [0.15, 0.2) is 0 Å². The van der Waals surface area contributed by atoms with E-state index in [9.17, 15) is 5.11 Å². The Balaban J connectivity index is 1.89. The third kappa shape index (κ3) is 3.00. The summed E-state index contributed by atoms with van der Waals surface area (Å²) in [6.45, 7) is 0.797. The zero-order chi connectivity index (χ0) is 11.5. The Morgan fingerprint density at radius 1 is 1.44 bits per heavy atom. The molecule has 2 atom stereocenters. The zero-order valence-corrected chi connectivity index (χ0v) is 10.3. The molecule has 16 heavy (non-hydrogen) atoms. The van der Waals surface area contributed by atoms with Crippen molar-refractivity contribution in [2.24, 2.45) is 5.92 Å². The molecule has 2 rings (SSSR count). The van der Waals surface area contributed by atoms with Crippen LogP contribution in [0, 0.1) is 5.92 Å². The van der Waals surface area contributed by atoms with Crippen LogP contribution in [0.5, 0.6) is 0 Å². The lowest BCUT2D eigenvalue weighted by molar-refractivity contribution is 0.178. The third-order valence-corrected chi connectivity index (χ3v) is 3.37. The number of hydrogen-bond donors (Lipinski definition) is 2. The summed E-state index contributed by atoms with van der Waals surface area (Å²) in [5, 5.41) is 13.7. The monoisotopic (exact) mass is 260 g/mol. The molecule has 1 aromatic heterocycles. The van der Waals surface area contributed by atoms with Crippen LogP contribution in [0.4, 0.5) is 5.82 Å². The first kappa shape index (κ1) is 12.0. The van der Waals surface area contributed by atoms with Crippen molar-refractivity contribution in [2.75, 3.05) is 11.9 Å². The highest BCUT2D eigenvalue weighted by molar-refractivity contribution is 6.35. The number of pyridine rings is 1. The van der Waals surface area contributed by atoms with E-state index < -0.39 is 0 Å². The molecule has 2 N–H and O–H groups in total. The summed E-state index contributed by atoms with van der Waals surface area (Å²) in [5.74, 6) is 1.16. The smallest absolute Gasteiger partial charge is 0.144 e. The van der Waals surface area contributed by atoms with Gasteiger partial charge in [-0.3, -0.25) is 0 Å². The first-order chi connectivity index (χ1) is 7.65. The topological polar surface area (TPSA) is 45.1 Å². The molecule has 1 aliphatic rings. The minimum Gasteiger partial charge on any atom is -0.393 e. The van der Waals surface area contributed by atoms with Crippen molar-refractivity contribution >= 4 is 29.0 Å². The van der Waals surface area contributed by atoms with E-state index in [0.29, 0.717) is 21.8 Å². The van der Waals surface area contributed by atoms with Gasteiger partial charge in [0.1, 0.15) is 5.82 Å². The minimum atomic E-state index is -0.138. The van der Waals surface area contributed by atoms with Crippen LogP contribution in [-0.4, -0.2) is 22.7 Å². The zero-order valence-electron chi connectivity index (χ0n) is 8.79. The Labute approximate surface area is 105 Å². The molecule has 0 bridgehead atoms. The molecule has 0 radical (unpaired) electrons. The molecule has 0 saturated heterocycles. The van der Waals surface area contributed by atoms with Crippen LogP contribution >= 0.6 is 23.2 Å². The fourth-order valence-corrected chi connectivity index (χ4v) is 2.47. The second-order valence-corrected chi connectivity index (χ2v) is 5.04. The van der Waals surface area contributed by atoms with Crippen molar-refractivity contribution in [3.05, 3.63) is 22.3 Å². The second kappa shape index (κ2) is 5.21. The lowest BCUT2D eigenvalue weighted by atomic mass is 10.1. The second-order valence-electron chi connectivity index (χ2n) is 4.20. The molecule has 1 aromatic rings. The number of aromatic nitrogens is 1. The van der Waals surface area contributed by atoms with Gasteiger partial charge in [0.2, 0.25) is 0 Å². The lowest BCUT2D eigenvalue weighted by Gasteiger charge is -2.12. The average molecular weight is 261 g/mol. The maximum absolute atomic E-state index is 9.40. The number of halogens is 2. The van der Waals surface area contributed by atoms with Crippen LogP contribution < -0.4 is 5.32 Å². The van der Waals surface area contributed by atoms with Crippen molar-refractivity contribution < 1.29 is 5.11 Å². The number of nitrogens with zero attached hydrogens (tertiary/aromatic N) is 1. The van der Waals surface area contributed by atoms with Gasteiger partial charge in [-0.15, -0.1) is 0 Å². The van der Waals surface area contributed by atoms with Crippen LogP contribution in [0.3, 0.4) is 0 Å². The van der Waals surface area contributed by atoms with E-state index in [1.807, 2.05) is 0 Å². The van der Waals surface area contributed by atoms with Gasteiger partial charge in [0.05, 0.1) is 16.1 Å². The van der Waals surface area contributed by atoms with Crippen molar-refractivity contribution in [1.82, 2.24) is 4.98 Å². The fraction of sp³-hybridized carbons (Fsp3) is 0.545. The molecular weight excluding hydrogens is 247 g/mol. The van der Waals surface area contributed by atoms with Crippen molar-refractivity contribution in [1.29, 1.82) is 0 Å². The van der Waals surface area contributed by atoms with Gasteiger partial charge in [-0.1, -0.05) is 23.2 Å². The normalized spacial score (nSPS) is 24.7. The Hall–Kier alpha value is -0.510. The molecular formula is C11H14Cl2N2O. The summed E-state index contributed by atoms with van der Waals surface area (Å²) >= 11 is 11.7. The Morgan fingerprint density at radius 2 is 2.25 bits per heavy atom. The minimum absolute atomic E-state index is 0.138. The van der Waals surface area contributed by atoms with Crippen molar-refractivity contribution in [2.45, 2.75) is 25.4 Å². The largest absolute Gasteiger partial charge is 0.393 e. The number of anilines is 1. The number of aliphatic hydroxyl groups is 1. The van der Waals surface area contributed by atoms with E-state index >= 15 is 0 Å². The van der Waals surface area contributed by atoms with Gasteiger partial charge in [-0.05, 0) is 31.2 Å².